The highest BCUT2D eigenvalue weighted by molar-refractivity contribution is 5.98. The van der Waals surface area contributed by atoms with Crippen molar-refractivity contribution in [3.8, 4) is 5.75 Å². The molecule has 21 heavy (non-hydrogen) atoms. The highest BCUT2D eigenvalue weighted by atomic mass is 16.5. The number of rotatable bonds is 4. The molecule has 2 aromatic rings. The van der Waals surface area contributed by atoms with Crippen LogP contribution in [-0.4, -0.2) is 24.0 Å². The number of carbonyl (C=O) groups excluding carboxylic acids is 1. The fraction of sp³-hybridized carbons (Fsp3) is 0.333. The SMILES string of the molecule is CCc1cnc(CNC(=O)c2cccc3c2OCCN3)o1. The lowest BCUT2D eigenvalue weighted by atomic mass is 10.1. The molecule has 1 amide bonds. The van der Waals surface area contributed by atoms with Crippen molar-refractivity contribution in [3.63, 3.8) is 0 Å². The first-order valence-corrected chi connectivity index (χ1v) is 6.99. The van der Waals surface area contributed by atoms with E-state index >= 15 is 0 Å². The van der Waals surface area contributed by atoms with Gasteiger partial charge in [-0.15, -0.1) is 0 Å². The molecule has 0 aliphatic carbocycles. The minimum Gasteiger partial charge on any atom is -0.489 e. The van der Waals surface area contributed by atoms with E-state index in [0.29, 0.717) is 23.8 Å². The summed E-state index contributed by atoms with van der Waals surface area (Å²) in [4.78, 5) is 16.4. The summed E-state index contributed by atoms with van der Waals surface area (Å²) < 4.78 is 11.0. The first-order chi connectivity index (χ1) is 10.3. The van der Waals surface area contributed by atoms with Gasteiger partial charge in [-0.2, -0.15) is 0 Å². The van der Waals surface area contributed by atoms with Crippen molar-refractivity contribution in [3.05, 3.63) is 41.6 Å². The van der Waals surface area contributed by atoms with Crippen LogP contribution in [0.5, 0.6) is 5.75 Å². The van der Waals surface area contributed by atoms with Gasteiger partial charge in [-0.1, -0.05) is 13.0 Å². The van der Waals surface area contributed by atoms with Crippen LogP contribution >= 0.6 is 0 Å². The summed E-state index contributed by atoms with van der Waals surface area (Å²) in [5.41, 5.74) is 1.36. The average molecular weight is 287 g/mol. The van der Waals surface area contributed by atoms with Crippen LogP contribution < -0.4 is 15.4 Å². The molecule has 6 nitrogen and oxygen atoms in total. The summed E-state index contributed by atoms with van der Waals surface area (Å²) in [6, 6.07) is 5.47. The first-order valence-electron chi connectivity index (χ1n) is 6.99. The molecule has 0 saturated carbocycles. The summed E-state index contributed by atoms with van der Waals surface area (Å²) in [6.45, 7) is 3.55. The van der Waals surface area contributed by atoms with Crippen LogP contribution in [0.4, 0.5) is 5.69 Å². The summed E-state index contributed by atoms with van der Waals surface area (Å²) >= 11 is 0. The Morgan fingerprint density at radius 3 is 3.19 bits per heavy atom. The van der Waals surface area contributed by atoms with Crippen molar-refractivity contribution in [1.82, 2.24) is 10.3 Å². The molecule has 2 heterocycles. The van der Waals surface area contributed by atoms with E-state index < -0.39 is 0 Å². The molecule has 0 radical (unpaired) electrons. The summed E-state index contributed by atoms with van der Waals surface area (Å²) in [5, 5.41) is 6.01. The summed E-state index contributed by atoms with van der Waals surface area (Å²) in [6.07, 6.45) is 2.46. The molecule has 110 valence electrons. The third kappa shape index (κ3) is 2.84. The topological polar surface area (TPSA) is 76.4 Å². The molecular formula is C15H17N3O3. The van der Waals surface area contributed by atoms with Crippen LogP contribution in [0.15, 0.2) is 28.8 Å². The molecule has 0 unspecified atom stereocenters. The molecule has 0 atom stereocenters. The van der Waals surface area contributed by atoms with E-state index in [1.807, 2.05) is 19.1 Å². The van der Waals surface area contributed by atoms with E-state index in [9.17, 15) is 4.79 Å². The molecule has 0 fully saturated rings. The van der Waals surface area contributed by atoms with Crippen molar-refractivity contribution < 1.29 is 13.9 Å². The van der Waals surface area contributed by atoms with Crippen LogP contribution in [0.1, 0.15) is 28.9 Å². The highest BCUT2D eigenvalue weighted by Gasteiger charge is 2.19. The van der Waals surface area contributed by atoms with E-state index in [4.69, 9.17) is 9.15 Å². The molecule has 2 N–H and O–H groups in total. The van der Waals surface area contributed by atoms with Crippen molar-refractivity contribution in [2.75, 3.05) is 18.5 Å². The third-order valence-electron chi connectivity index (χ3n) is 3.27. The largest absolute Gasteiger partial charge is 0.489 e. The Morgan fingerprint density at radius 1 is 1.48 bits per heavy atom. The average Bonchev–Trinajstić information content (AvgIpc) is 3.00. The van der Waals surface area contributed by atoms with Crippen LogP contribution in [0.2, 0.25) is 0 Å². The standard InChI is InChI=1S/C15H17N3O3/c1-2-10-8-17-13(21-10)9-18-15(19)11-4-3-5-12-14(11)20-7-6-16-12/h3-5,8,16H,2,6-7,9H2,1H3,(H,18,19). The van der Waals surface area contributed by atoms with E-state index in [0.717, 1.165) is 24.4 Å². The van der Waals surface area contributed by atoms with E-state index in [1.165, 1.54) is 0 Å². The zero-order chi connectivity index (χ0) is 14.7. The normalized spacial score (nSPS) is 13.0. The highest BCUT2D eigenvalue weighted by Crippen LogP contribution is 2.31. The Bertz CT molecular complexity index is 651. The number of carbonyl (C=O) groups is 1. The quantitative estimate of drug-likeness (QED) is 0.899. The number of anilines is 1. The van der Waals surface area contributed by atoms with Gasteiger partial charge >= 0.3 is 0 Å². The van der Waals surface area contributed by atoms with Gasteiger partial charge < -0.3 is 19.8 Å². The van der Waals surface area contributed by atoms with E-state index in [1.54, 1.807) is 12.3 Å². The van der Waals surface area contributed by atoms with Crippen LogP contribution in [0.3, 0.4) is 0 Å². The Hall–Kier alpha value is -2.50. The smallest absolute Gasteiger partial charge is 0.255 e. The number of oxazole rings is 1. The Morgan fingerprint density at radius 2 is 2.38 bits per heavy atom. The van der Waals surface area contributed by atoms with Gasteiger partial charge in [0.2, 0.25) is 5.89 Å². The van der Waals surface area contributed by atoms with Crippen molar-refractivity contribution >= 4 is 11.6 Å². The number of benzene rings is 1. The fourth-order valence-electron chi connectivity index (χ4n) is 2.19. The molecular weight excluding hydrogens is 270 g/mol. The molecule has 0 saturated heterocycles. The fourth-order valence-corrected chi connectivity index (χ4v) is 2.19. The molecule has 3 rings (SSSR count). The molecule has 1 aromatic heterocycles. The number of nitrogens with one attached hydrogen (secondary N) is 2. The predicted octanol–water partition coefficient (Wildman–Crippen LogP) is 1.97. The maximum Gasteiger partial charge on any atom is 0.255 e. The predicted molar refractivity (Wildman–Crippen MR) is 77.5 cm³/mol. The zero-order valence-corrected chi connectivity index (χ0v) is 11.8. The lowest BCUT2D eigenvalue weighted by Crippen LogP contribution is -2.26. The van der Waals surface area contributed by atoms with Gasteiger partial charge in [-0.3, -0.25) is 4.79 Å². The Labute approximate surface area is 122 Å². The van der Waals surface area contributed by atoms with Crippen LogP contribution in [0, 0.1) is 0 Å². The minimum absolute atomic E-state index is 0.202. The van der Waals surface area contributed by atoms with Crippen LogP contribution in [0.25, 0.3) is 0 Å². The lowest BCUT2D eigenvalue weighted by Gasteiger charge is -2.21. The van der Waals surface area contributed by atoms with Gasteiger partial charge in [0.1, 0.15) is 12.4 Å². The number of hydrogen-bond donors (Lipinski definition) is 2. The van der Waals surface area contributed by atoms with Gasteiger partial charge in [0, 0.05) is 13.0 Å². The Balaban J connectivity index is 1.71. The minimum atomic E-state index is -0.202. The third-order valence-corrected chi connectivity index (χ3v) is 3.27. The van der Waals surface area contributed by atoms with Crippen molar-refractivity contribution in [1.29, 1.82) is 0 Å². The number of para-hydroxylation sites is 1. The van der Waals surface area contributed by atoms with E-state index in [2.05, 4.69) is 15.6 Å². The molecule has 0 bridgehead atoms. The summed E-state index contributed by atoms with van der Waals surface area (Å²) in [5.74, 6) is 1.71. The lowest BCUT2D eigenvalue weighted by molar-refractivity contribution is 0.0943. The number of aryl methyl sites for hydroxylation is 1. The monoisotopic (exact) mass is 287 g/mol. The number of ether oxygens (including phenoxy) is 1. The van der Waals surface area contributed by atoms with Crippen molar-refractivity contribution in [2.45, 2.75) is 19.9 Å². The molecule has 1 aliphatic heterocycles. The maximum absolute atomic E-state index is 12.3. The van der Waals surface area contributed by atoms with Gasteiger partial charge in [0.05, 0.1) is 24.0 Å². The van der Waals surface area contributed by atoms with Crippen molar-refractivity contribution in [2.24, 2.45) is 0 Å². The number of aromatic nitrogens is 1. The van der Waals surface area contributed by atoms with Crippen LogP contribution in [-0.2, 0) is 13.0 Å². The van der Waals surface area contributed by atoms with Gasteiger partial charge in [0.25, 0.3) is 5.91 Å². The maximum atomic E-state index is 12.3. The van der Waals surface area contributed by atoms with Gasteiger partial charge in [-0.25, -0.2) is 4.98 Å². The number of fused-ring (bicyclic) bond motifs is 1. The number of amides is 1. The summed E-state index contributed by atoms with van der Waals surface area (Å²) in [7, 11) is 0. The Kier molecular flexibility index (Phi) is 3.77. The molecule has 6 heteroatoms. The molecule has 1 aromatic carbocycles. The molecule has 1 aliphatic rings. The second kappa shape index (κ2) is 5.87. The van der Waals surface area contributed by atoms with Gasteiger partial charge in [0.15, 0.2) is 5.75 Å². The number of nitrogens with zero attached hydrogens (tertiary/aromatic N) is 1. The number of hydrogen-bond acceptors (Lipinski definition) is 5. The molecule has 0 spiro atoms. The second-order valence-corrected chi connectivity index (χ2v) is 4.71. The second-order valence-electron chi connectivity index (χ2n) is 4.71. The first kappa shape index (κ1) is 13.5. The van der Waals surface area contributed by atoms with E-state index in [-0.39, 0.29) is 12.5 Å². The van der Waals surface area contributed by atoms with Gasteiger partial charge in [-0.05, 0) is 12.1 Å². The zero-order valence-electron chi connectivity index (χ0n) is 11.8.